The van der Waals surface area contributed by atoms with Gasteiger partial charge in [-0.05, 0) is 51.1 Å². The minimum absolute atomic E-state index is 0.0395. The Hall–Kier alpha value is -4.79. The molecule has 2 aromatic carbocycles. The number of hydrogen-bond donors (Lipinski definition) is 3. The van der Waals surface area contributed by atoms with Crippen molar-refractivity contribution in [2.24, 2.45) is 5.92 Å². The number of fused-ring (bicyclic) bond motifs is 4. The van der Waals surface area contributed by atoms with Gasteiger partial charge in [-0.3, -0.25) is 14.4 Å². The van der Waals surface area contributed by atoms with E-state index in [0.717, 1.165) is 12.1 Å². The Bertz CT molecular complexity index is 1610. The molecule has 0 radical (unpaired) electrons. The first-order valence-electron chi connectivity index (χ1n) is 11.7. The zero-order valence-corrected chi connectivity index (χ0v) is 20.8. The number of anilines is 2. The fraction of sp³-hybridized carbons (Fsp3) is 0.259. The molecule has 0 saturated heterocycles. The molecule has 200 valence electrons. The maximum absolute atomic E-state index is 14.0. The van der Waals surface area contributed by atoms with Crippen LogP contribution in [0.5, 0.6) is 11.5 Å². The average molecular weight is 538 g/mol. The van der Waals surface area contributed by atoms with E-state index in [1.54, 1.807) is 25.3 Å². The van der Waals surface area contributed by atoms with Crippen LogP contribution in [-0.2, 0) is 20.5 Å². The summed E-state index contributed by atoms with van der Waals surface area (Å²) in [4.78, 5) is 41.7. The Morgan fingerprint density at radius 2 is 1.82 bits per heavy atom. The van der Waals surface area contributed by atoms with Gasteiger partial charge in [-0.25, -0.2) is 0 Å². The van der Waals surface area contributed by atoms with Gasteiger partial charge in [0.25, 0.3) is 0 Å². The van der Waals surface area contributed by atoms with E-state index in [-0.39, 0.29) is 33.8 Å². The summed E-state index contributed by atoms with van der Waals surface area (Å²) in [7, 11) is 0. The number of amides is 2. The SMILES string of the molecule is CC(C)(C)n1cc(C#N)c2c1NC(=O)[C@@H](C(=O)c1ccccc1O)[C@]21C(=O)Nc2ccc(OC(F)(F)F)cc21. The molecular weight excluding hydrogens is 517 g/mol. The molecule has 2 aliphatic rings. The van der Waals surface area contributed by atoms with Gasteiger partial charge in [0, 0.05) is 28.6 Å². The summed E-state index contributed by atoms with van der Waals surface area (Å²) in [5, 5.41) is 25.7. The number of phenolic OH excluding ortho intramolecular Hbond substituents is 1. The van der Waals surface area contributed by atoms with E-state index < -0.39 is 52.3 Å². The second-order valence-electron chi connectivity index (χ2n) is 10.2. The molecule has 9 nitrogen and oxygen atoms in total. The lowest BCUT2D eigenvalue weighted by Gasteiger charge is -2.40. The third-order valence-electron chi connectivity index (χ3n) is 6.87. The number of benzene rings is 2. The molecule has 3 N–H and O–H groups in total. The van der Waals surface area contributed by atoms with Crippen LogP contribution in [0.3, 0.4) is 0 Å². The Kier molecular flexibility index (Phi) is 5.54. The van der Waals surface area contributed by atoms with Gasteiger partial charge in [0.2, 0.25) is 11.8 Å². The van der Waals surface area contributed by atoms with Crippen LogP contribution in [0.1, 0.15) is 47.8 Å². The van der Waals surface area contributed by atoms with Gasteiger partial charge in [0.15, 0.2) is 5.78 Å². The van der Waals surface area contributed by atoms with Crippen molar-refractivity contribution in [3.05, 3.63) is 70.9 Å². The summed E-state index contributed by atoms with van der Waals surface area (Å²) in [6.07, 6.45) is -3.65. The fourth-order valence-corrected chi connectivity index (χ4v) is 5.36. The number of nitrogens with zero attached hydrogens (tertiary/aromatic N) is 2. The number of carbonyl (C=O) groups excluding carboxylic acids is 3. The Morgan fingerprint density at radius 1 is 1.13 bits per heavy atom. The molecule has 0 saturated carbocycles. The third kappa shape index (κ3) is 3.80. The van der Waals surface area contributed by atoms with Crippen LogP contribution in [0.15, 0.2) is 48.7 Å². The highest BCUT2D eigenvalue weighted by Crippen LogP contribution is 2.56. The van der Waals surface area contributed by atoms with Crippen molar-refractivity contribution < 1.29 is 37.4 Å². The monoisotopic (exact) mass is 538 g/mol. The molecule has 3 heterocycles. The highest BCUT2D eigenvalue weighted by Gasteiger charge is 2.64. The zero-order valence-electron chi connectivity index (χ0n) is 20.8. The van der Waals surface area contributed by atoms with Crippen LogP contribution in [0.25, 0.3) is 0 Å². The first kappa shape index (κ1) is 25.8. The molecule has 0 fully saturated rings. The topological polar surface area (TPSA) is 133 Å². The number of halogens is 3. The normalized spacial score (nSPS) is 20.1. The summed E-state index contributed by atoms with van der Waals surface area (Å²) in [6.45, 7) is 5.35. The predicted octanol–water partition coefficient (Wildman–Crippen LogP) is 4.41. The van der Waals surface area contributed by atoms with Crippen LogP contribution in [-0.4, -0.2) is 33.6 Å². The maximum Gasteiger partial charge on any atom is 0.573 e. The second-order valence-corrected chi connectivity index (χ2v) is 10.2. The third-order valence-corrected chi connectivity index (χ3v) is 6.87. The van der Waals surface area contributed by atoms with Gasteiger partial charge in [-0.15, -0.1) is 13.2 Å². The summed E-state index contributed by atoms with van der Waals surface area (Å²) in [5.41, 5.74) is -3.49. The number of phenols is 1. The molecule has 0 aliphatic carbocycles. The number of para-hydroxylation sites is 1. The zero-order chi connectivity index (χ0) is 28.5. The van der Waals surface area contributed by atoms with Crippen LogP contribution in [0.4, 0.5) is 24.7 Å². The van der Waals surface area contributed by atoms with E-state index in [1.165, 1.54) is 36.5 Å². The first-order chi connectivity index (χ1) is 18.2. The molecule has 2 atom stereocenters. The Labute approximate surface area is 219 Å². The van der Waals surface area contributed by atoms with E-state index in [0.29, 0.717) is 0 Å². The van der Waals surface area contributed by atoms with Crippen LogP contribution >= 0.6 is 0 Å². The molecule has 2 aliphatic heterocycles. The second kappa shape index (κ2) is 8.36. The lowest BCUT2D eigenvalue weighted by atomic mass is 9.61. The summed E-state index contributed by atoms with van der Waals surface area (Å²) >= 11 is 0. The number of aromatic hydroxyl groups is 1. The quantitative estimate of drug-likeness (QED) is 0.334. The van der Waals surface area contributed by atoms with Gasteiger partial charge in [-0.2, -0.15) is 5.26 Å². The van der Waals surface area contributed by atoms with Crippen LogP contribution in [0.2, 0.25) is 0 Å². The molecule has 5 rings (SSSR count). The van der Waals surface area contributed by atoms with Crippen molar-refractivity contribution in [1.29, 1.82) is 5.26 Å². The number of rotatable bonds is 3. The highest BCUT2D eigenvalue weighted by atomic mass is 19.4. The minimum atomic E-state index is -5.06. The van der Waals surface area contributed by atoms with Gasteiger partial charge in [0.05, 0.1) is 11.1 Å². The maximum atomic E-state index is 14.0. The van der Waals surface area contributed by atoms with Crippen molar-refractivity contribution in [3.8, 4) is 17.6 Å². The van der Waals surface area contributed by atoms with Gasteiger partial charge < -0.3 is 25.0 Å². The van der Waals surface area contributed by atoms with E-state index in [2.05, 4.69) is 15.4 Å². The number of nitrogens with one attached hydrogen (secondary N) is 2. The summed E-state index contributed by atoms with van der Waals surface area (Å²) in [6, 6.07) is 10.5. The number of hydrogen-bond acceptors (Lipinski definition) is 6. The number of aromatic nitrogens is 1. The smallest absolute Gasteiger partial charge is 0.507 e. The lowest BCUT2D eigenvalue weighted by molar-refractivity contribution is -0.274. The number of alkyl halides is 3. The number of Topliss-reactive ketones (excluding diaryl/α,β-unsaturated/α-hetero) is 1. The van der Waals surface area contributed by atoms with Crippen molar-refractivity contribution in [1.82, 2.24) is 4.57 Å². The van der Waals surface area contributed by atoms with Gasteiger partial charge in [-0.1, -0.05) is 12.1 Å². The van der Waals surface area contributed by atoms with Crippen LogP contribution in [0, 0.1) is 17.2 Å². The first-order valence-corrected chi connectivity index (χ1v) is 11.7. The van der Waals surface area contributed by atoms with Crippen molar-refractivity contribution >= 4 is 29.1 Å². The summed E-state index contributed by atoms with van der Waals surface area (Å²) < 4.78 is 45.0. The van der Waals surface area contributed by atoms with Gasteiger partial charge >= 0.3 is 6.36 Å². The minimum Gasteiger partial charge on any atom is -0.507 e. The molecule has 39 heavy (non-hydrogen) atoms. The molecule has 1 spiro atoms. The highest BCUT2D eigenvalue weighted by molar-refractivity contribution is 6.25. The Morgan fingerprint density at radius 3 is 2.44 bits per heavy atom. The van der Waals surface area contributed by atoms with E-state index in [1.807, 2.05) is 6.07 Å². The molecule has 0 bridgehead atoms. The molecule has 3 aromatic rings. The molecule has 0 unspecified atom stereocenters. The number of carbonyl (C=O) groups is 3. The molecular formula is C27H21F3N4O5. The Balaban J connectivity index is 1.89. The predicted molar refractivity (Wildman–Crippen MR) is 131 cm³/mol. The number of ether oxygens (including phenoxy) is 1. The van der Waals surface area contributed by atoms with Gasteiger partial charge in [0.1, 0.15) is 34.7 Å². The molecule has 2 amide bonds. The fourth-order valence-electron chi connectivity index (χ4n) is 5.36. The largest absolute Gasteiger partial charge is 0.573 e. The number of ketones is 1. The van der Waals surface area contributed by atoms with Crippen molar-refractivity contribution in [2.75, 3.05) is 10.6 Å². The van der Waals surface area contributed by atoms with E-state index in [9.17, 15) is 37.9 Å². The number of nitriles is 1. The standard InChI is InChI=1S/C27H21F3N4O5/c1-25(2,3)34-12-13(11-31)19-22(34)33-23(37)20(21(36)15-6-4-5-7-18(15)35)26(19)16-10-14(39-27(28,29)30)8-9-17(16)32-24(26)38/h4-10,12,20,35H,1-3H3,(H,32,38)(H,33,37)/t20-,26-/m1/s1. The van der Waals surface area contributed by atoms with Crippen molar-refractivity contribution in [2.45, 2.75) is 38.1 Å². The molecule has 1 aromatic heterocycles. The van der Waals surface area contributed by atoms with E-state index >= 15 is 0 Å². The molecule has 12 heteroatoms. The average Bonchev–Trinajstić information content (AvgIpc) is 3.34. The van der Waals surface area contributed by atoms with Crippen LogP contribution < -0.4 is 15.4 Å². The lowest BCUT2D eigenvalue weighted by Crippen LogP contribution is -2.55. The van der Waals surface area contributed by atoms with Crippen molar-refractivity contribution in [3.63, 3.8) is 0 Å². The van der Waals surface area contributed by atoms with E-state index in [4.69, 9.17) is 0 Å². The summed E-state index contributed by atoms with van der Waals surface area (Å²) in [5.74, 6) is -5.79.